The van der Waals surface area contributed by atoms with Crippen LogP contribution in [0.1, 0.15) is 16.7 Å². The van der Waals surface area contributed by atoms with E-state index in [1.54, 1.807) is 0 Å². The largest absolute Gasteiger partial charge is 0.465 e. The highest BCUT2D eigenvalue weighted by atomic mass is 16.5. The zero-order valence-corrected chi connectivity index (χ0v) is 16.5. The number of H-pyrrole nitrogens is 1. The molecule has 0 radical (unpaired) electrons. The van der Waals surface area contributed by atoms with Gasteiger partial charge in [0.05, 0.1) is 7.11 Å². The second kappa shape index (κ2) is 8.49. The number of para-hydroxylation sites is 1. The molecular weight excluding hydrogens is 366 g/mol. The van der Waals surface area contributed by atoms with Crippen molar-refractivity contribution in [1.82, 2.24) is 10.3 Å². The number of quaternary nitrogens is 1. The molecule has 0 saturated carbocycles. The molecule has 1 unspecified atom stereocenters. The first-order chi connectivity index (χ1) is 14.2. The topological polar surface area (TPSA) is 75.6 Å². The number of esters is 1. The number of ether oxygens (including phenoxy) is 1. The van der Waals surface area contributed by atoms with Crippen LogP contribution >= 0.6 is 0 Å². The summed E-state index contributed by atoms with van der Waals surface area (Å²) in [5.74, 6) is -0.311. The van der Waals surface area contributed by atoms with Crippen molar-refractivity contribution in [2.24, 2.45) is 0 Å². The summed E-state index contributed by atoms with van der Waals surface area (Å²) in [6.07, 6.45) is 3.35. The van der Waals surface area contributed by atoms with Gasteiger partial charge in [0.2, 0.25) is 0 Å². The second-order valence-electron chi connectivity index (χ2n) is 7.52. The Hall–Kier alpha value is -3.12. The zero-order chi connectivity index (χ0) is 20.2. The van der Waals surface area contributed by atoms with Gasteiger partial charge < -0.3 is 19.9 Å². The number of benzene rings is 2. The van der Waals surface area contributed by atoms with E-state index in [1.807, 2.05) is 42.6 Å². The van der Waals surface area contributed by atoms with E-state index in [0.717, 1.165) is 22.4 Å². The monoisotopic (exact) mass is 392 g/mol. The first-order valence-electron chi connectivity index (χ1n) is 9.96. The van der Waals surface area contributed by atoms with Gasteiger partial charge in [0, 0.05) is 35.6 Å². The Bertz CT molecular complexity index is 1030. The molecule has 3 N–H and O–H groups in total. The van der Waals surface area contributed by atoms with Gasteiger partial charge in [0.25, 0.3) is 5.91 Å². The molecule has 29 heavy (non-hydrogen) atoms. The minimum Gasteiger partial charge on any atom is -0.465 e. The number of aromatic amines is 1. The van der Waals surface area contributed by atoms with E-state index in [4.69, 9.17) is 4.74 Å². The van der Waals surface area contributed by atoms with Gasteiger partial charge in [-0.1, -0.05) is 42.5 Å². The lowest BCUT2D eigenvalue weighted by Crippen LogP contribution is -3.17. The smallest absolute Gasteiger partial charge is 0.365 e. The molecule has 0 saturated heterocycles. The molecular formula is C23H26N3O3+. The Morgan fingerprint density at radius 1 is 1.14 bits per heavy atom. The summed E-state index contributed by atoms with van der Waals surface area (Å²) in [7, 11) is 1.40. The highest BCUT2D eigenvalue weighted by molar-refractivity contribution is 5.83. The maximum atomic E-state index is 12.6. The van der Waals surface area contributed by atoms with E-state index in [0.29, 0.717) is 19.5 Å². The molecule has 0 aliphatic carbocycles. The Kier molecular flexibility index (Phi) is 5.62. The summed E-state index contributed by atoms with van der Waals surface area (Å²) in [6, 6.07) is 15.9. The van der Waals surface area contributed by atoms with E-state index >= 15 is 0 Å². The van der Waals surface area contributed by atoms with Gasteiger partial charge in [-0.15, -0.1) is 0 Å². The summed E-state index contributed by atoms with van der Waals surface area (Å²) in [4.78, 5) is 29.1. The van der Waals surface area contributed by atoms with Crippen LogP contribution in [0.15, 0.2) is 54.7 Å². The Morgan fingerprint density at radius 3 is 2.72 bits per heavy atom. The van der Waals surface area contributed by atoms with Crippen molar-refractivity contribution in [1.29, 1.82) is 0 Å². The summed E-state index contributed by atoms with van der Waals surface area (Å²) in [5, 5.41) is 4.19. The van der Waals surface area contributed by atoms with Crippen LogP contribution in [-0.2, 0) is 33.7 Å². The van der Waals surface area contributed by atoms with Crippen LogP contribution in [0, 0.1) is 0 Å². The fourth-order valence-electron chi connectivity index (χ4n) is 4.18. The minimum atomic E-state index is -0.353. The normalized spacial score (nSPS) is 18.2. The molecule has 2 atom stereocenters. The van der Waals surface area contributed by atoms with E-state index in [-0.39, 0.29) is 24.5 Å². The highest BCUT2D eigenvalue weighted by Gasteiger charge is 2.36. The maximum absolute atomic E-state index is 12.6. The number of fused-ring (bicyclic) bond motifs is 2. The Balaban J connectivity index is 1.37. The predicted octanol–water partition coefficient (Wildman–Crippen LogP) is 1.01. The van der Waals surface area contributed by atoms with Crippen LogP contribution in [0.2, 0.25) is 0 Å². The molecule has 6 nitrogen and oxygen atoms in total. The van der Waals surface area contributed by atoms with E-state index in [9.17, 15) is 9.59 Å². The highest BCUT2D eigenvalue weighted by Crippen LogP contribution is 2.17. The van der Waals surface area contributed by atoms with Crippen molar-refractivity contribution < 1.29 is 19.2 Å². The van der Waals surface area contributed by atoms with Gasteiger partial charge in [-0.3, -0.25) is 4.79 Å². The van der Waals surface area contributed by atoms with Crippen LogP contribution in [0.3, 0.4) is 0 Å². The molecule has 1 aromatic heterocycles. The standard InChI is InChI=1S/C23H25N3O3/c1-29-23(28)21-12-16-6-2-3-7-18(16)14-26(21)15-22(27)24-11-10-17-13-25-20-9-5-4-8-19(17)20/h2-9,13,21,25H,10-12,14-15H2,1H3,(H,24,27)/p+1/t21-/m0/s1. The maximum Gasteiger partial charge on any atom is 0.365 e. The van der Waals surface area contributed by atoms with Crippen molar-refractivity contribution in [2.45, 2.75) is 25.4 Å². The summed E-state index contributed by atoms with van der Waals surface area (Å²) in [5.41, 5.74) is 4.64. The first-order valence-corrected chi connectivity index (χ1v) is 9.96. The third kappa shape index (κ3) is 4.17. The summed E-state index contributed by atoms with van der Waals surface area (Å²) >= 11 is 0. The Morgan fingerprint density at radius 2 is 1.90 bits per heavy atom. The van der Waals surface area contributed by atoms with Gasteiger partial charge in [-0.25, -0.2) is 4.79 Å². The molecule has 0 fully saturated rings. The molecule has 4 rings (SSSR count). The second-order valence-corrected chi connectivity index (χ2v) is 7.52. The number of nitrogens with one attached hydrogen (secondary N) is 3. The molecule has 150 valence electrons. The lowest BCUT2D eigenvalue weighted by atomic mass is 9.94. The van der Waals surface area contributed by atoms with Crippen molar-refractivity contribution in [3.8, 4) is 0 Å². The molecule has 1 aliphatic heterocycles. The van der Waals surface area contributed by atoms with Crippen molar-refractivity contribution in [2.75, 3.05) is 20.2 Å². The number of carbonyl (C=O) groups excluding carboxylic acids is 2. The zero-order valence-electron chi connectivity index (χ0n) is 16.5. The van der Waals surface area contributed by atoms with E-state index in [1.165, 1.54) is 23.6 Å². The number of aromatic nitrogens is 1. The molecule has 2 aromatic carbocycles. The minimum absolute atomic E-state index is 0.0480. The van der Waals surface area contributed by atoms with Gasteiger partial charge in [0.1, 0.15) is 6.54 Å². The summed E-state index contributed by atoms with van der Waals surface area (Å²) in [6.45, 7) is 1.46. The number of methoxy groups -OCH3 is 1. The number of hydrogen-bond acceptors (Lipinski definition) is 3. The van der Waals surface area contributed by atoms with Crippen LogP contribution in [0.25, 0.3) is 10.9 Å². The van der Waals surface area contributed by atoms with Gasteiger partial charge in [-0.2, -0.15) is 0 Å². The third-order valence-corrected chi connectivity index (χ3v) is 5.72. The lowest BCUT2D eigenvalue weighted by molar-refractivity contribution is -0.924. The summed E-state index contributed by atoms with van der Waals surface area (Å²) < 4.78 is 4.99. The van der Waals surface area contributed by atoms with Crippen molar-refractivity contribution in [3.05, 3.63) is 71.4 Å². The van der Waals surface area contributed by atoms with Crippen molar-refractivity contribution in [3.63, 3.8) is 0 Å². The van der Waals surface area contributed by atoms with Crippen LogP contribution in [0.4, 0.5) is 0 Å². The fourth-order valence-corrected chi connectivity index (χ4v) is 4.18. The van der Waals surface area contributed by atoms with Crippen LogP contribution in [-0.4, -0.2) is 43.1 Å². The van der Waals surface area contributed by atoms with E-state index < -0.39 is 0 Å². The quantitative estimate of drug-likeness (QED) is 0.548. The third-order valence-electron chi connectivity index (χ3n) is 5.72. The number of amides is 1. The number of carbonyl (C=O) groups is 2. The number of hydrogen-bond donors (Lipinski definition) is 3. The van der Waals surface area contributed by atoms with Crippen LogP contribution in [0.5, 0.6) is 0 Å². The molecule has 2 heterocycles. The van der Waals surface area contributed by atoms with E-state index in [2.05, 4.69) is 22.4 Å². The average Bonchev–Trinajstić information content (AvgIpc) is 3.16. The van der Waals surface area contributed by atoms with Crippen molar-refractivity contribution >= 4 is 22.8 Å². The van der Waals surface area contributed by atoms with Gasteiger partial charge in [0.15, 0.2) is 12.6 Å². The number of rotatable bonds is 6. The lowest BCUT2D eigenvalue weighted by Gasteiger charge is -2.31. The van der Waals surface area contributed by atoms with Gasteiger partial charge >= 0.3 is 5.97 Å². The molecule has 0 bridgehead atoms. The Labute approximate surface area is 169 Å². The predicted molar refractivity (Wildman–Crippen MR) is 110 cm³/mol. The molecule has 6 heteroatoms. The fraction of sp³-hybridized carbons (Fsp3) is 0.304. The van der Waals surface area contributed by atoms with Gasteiger partial charge in [-0.05, 0) is 23.6 Å². The molecule has 3 aromatic rings. The SMILES string of the molecule is COC(=O)[C@@H]1Cc2ccccc2C[NH+]1CC(=O)NCCc1c[nH]c2ccccc12. The molecule has 1 amide bonds. The first kappa shape index (κ1) is 19.2. The molecule has 0 spiro atoms. The van der Waals surface area contributed by atoms with Crippen LogP contribution < -0.4 is 10.2 Å². The molecule has 1 aliphatic rings. The average molecular weight is 392 g/mol.